The van der Waals surface area contributed by atoms with Gasteiger partial charge in [-0.05, 0) is 74.2 Å². The minimum absolute atomic E-state index is 0.0489. The molecule has 0 saturated heterocycles. The molecule has 0 aromatic carbocycles. The van der Waals surface area contributed by atoms with E-state index in [2.05, 4.69) is 17.5 Å². The molecule has 0 amide bonds. The molecule has 0 aromatic rings. The SMILES string of the molecule is O=C(OC1=C=C=C(C2CCCCC2)C=C1)C1CCC(C2CCCCC2)CC1. The summed E-state index contributed by atoms with van der Waals surface area (Å²) in [4.78, 5) is 12.6. The van der Waals surface area contributed by atoms with Crippen LogP contribution in [0.2, 0.25) is 0 Å². The first kappa shape index (κ1) is 18.9. The zero-order valence-corrected chi connectivity index (χ0v) is 16.7. The van der Waals surface area contributed by atoms with Crippen LogP contribution in [-0.2, 0) is 9.53 Å². The van der Waals surface area contributed by atoms with Gasteiger partial charge in [0.2, 0.25) is 0 Å². The highest BCUT2D eigenvalue weighted by molar-refractivity contribution is 5.74. The summed E-state index contributed by atoms with van der Waals surface area (Å²) in [6.07, 6.45) is 22.0. The van der Waals surface area contributed by atoms with Crippen molar-refractivity contribution in [1.82, 2.24) is 0 Å². The van der Waals surface area contributed by atoms with Crippen molar-refractivity contribution in [2.75, 3.05) is 0 Å². The molecular weight excluding hydrogens is 332 g/mol. The Labute approximate surface area is 164 Å². The highest BCUT2D eigenvalue weighted by Crippen LogP contribution is 2.40. The Morgan fingerprint density at radius 1 is 0.741 bits per heavy atom. The first-order valence-electron chi connectivity index (χ1n) is 11.4. The number of hydrogen-bond acceptors (Lipinski definition) is 2. The second-order valence-electron chi connectivity index (χ2n) is 9.17. The average Bonchev–Trinajstić information content (AvgIpc) is 2.76. The summed E-state index contributed by atoms with van der Waals surface area (Å²) in [6.45, 7) is 0. The van der Waals surface area contributed by atoms with Gasteiger partial charge in [-0.25, -0.2) is 0 Å². The largest absolute Gasteiger partial charge is 0.417 e. The number of hydrogen-bond donors (Lipinski definition) is 0. The van der Waals surface area contributed by atoms with Gasteiger partial charge in [0.05, 0.1) is 5.92 Å². The van der Waals surface area contributed by atoms with Gasteiger partial charge in [-0.15, -0.1) is 0 Å². The number of esters is 1. The maximum atomic E-state index is 12.6. The highest BCUT2D eigenvalue weighted by Gasteiger charge is 2.32. The molecule has 4 aliphatic carbocycles. The number of carbonyl (C=O) groups excluding carboxylic acids is 1. The highest BCUT2D eigenvalue weighted by atomic mass is 16.5. The van der Waals surface area contributed by atoms with Crippen molar-refractivity contribution in [2.45, 2.75) is 89.9 Å². The summed E-state index contributed by atoms with van der Waals surface area (Å²) in [5, 5.41) is 0. The van der Waals surface area contributed by atoms with Crippen molar-refractivity contribution in [1.29, 1.82) is 0 Å². The molecule has 4 aliphatic rings. The predicted molar refractivity (Wildman–Crippen MR) is 108 cm³/mol. The van der Waals surface area contributed by atoms with Crippen LogP contribution in [0.4, 0.5) is 0 Å². The van der Waals surface area contributed by atoms with Crippen LogP contribution in [0.1, 0.15) is 89.9 Å². The Kier molecular flexibility index (Phi) is 6.38. The molecule has 2 heteroatoms. The van der Waals surface area contributed by atoms with Gasteiger partial charge < -0.3 is 4.74 Å². The van der Waals surface area contributed by atoms with Crippen LogP contribution in [0.5, 0.6) is 0 Å². The second kappa shape index (κ2) is 9.13. The van der Waals surface area contributed by atoms with Gasteiger partial charge in [-0.3, -0.25) is 4.79 Å². The predicted octanol–water partition coefficient (Wildman–Crippen LogP) is 6.63. The molecule has 146 valence electrons. The molecule has 3 saturated carbocycles. The number of allylic oxidation sites excluding steroid dienone is 3. The maximum absolute atomic E-state index is 12.6. The van der Waals surface area contributed by atoms with Gasteiger partial charge in [-0.1, -0.05) is 57.1 Å². The lowest BCUT2D eigenvalue weighted by atomic mass is 9.71. The van der Waals surface area contributed by atoms with Crippen molar-refractivity contribution in [2.24, 2.45) is 23.7 Å². The molecule has 0 unspecified atom stereocenters. The molecule has 0 N–H and O–H groups in total. The lowest BCUT2D eigenvalue weighted by Crippen LogP contribution is -2.27. The summed E-state index contributed by atoms with van der Waals surface area (Å²) < 4.78 is 5.65. The van der Waals surface area contributed by atoms with Gasteiger partial charge in [0, 0.05) is 5.57 Å². The van der Waals surface area contributed by atoms with E-state index in [-0.39, 0.29) is 11.9 Å². The molecule has 0 atom stereocenters. The molecule has 0 aromatic heterocycles. The van der Waals surface area contributed by atoms with E-state index in [0.717, 1.165) is 24.7 Å². The van der Waals surface area contributed by atoms with Crippen molar-refractivity contribution in [3.8, 4) is 0 Å². The van der Waals surface area contributed by atoms with E-state index in [1.165, 1.54) is 82.6 Å². The van der Waals surface area contributed by atoms with Gasteiger partial charge in [0.1, 0.15) is 0 Å². The van der Waals surface area contributed by atoms with Crippen molar-refractivity contribution >= 4 is 5.97 Å². The Bertz CT molecular complexity index is 652. The monoisotopic (exact) mass is 366 g/mol. The van der Waals surface area contributed by atoms with E-state index >= 15 is 0 Å². The minimum atomic E-state index is -0.0489. The summed E-state index contributed by atoms with van der Waals surface area (Å²) in [6, 6.07) is 0. The molecule has 27 heavy (non-hydrogen) atoms. The quantitative estimate of drug-likeness (QED) is 0.412. The summed E-state index contributed by atoms with van der Waals surface area (Å²) in [5.41, 5.74) is 7.60. The Hall–Kier alpha value is -1.49. The first-order valence-corrected chi connectivity index (χ1v) is 11.4. The van der Waals surface area contributed by atoms with E-state index < -0.39 is 0 Å². The van der Waals surface area contributed by atoms with Crippen molar-refractivity contribution in [3.05, 3.63) is 34.9 Å². The van der Waals surface area contributed by atoms with Crippen LogP contribution in [0.15, 0.2) is 34.9 Å². The number of ether oxygens (including phenoxy) is 1. The molecule has 4 rings (SSSR count). The molecule has 2 nitrogen and oxygen atoms in total. The molecular formula is C25H34O2. The smallest absolute Gasteiger partial charge is 0.314 e. The van der Waals surface area contributed by atoms with Gasteiger partial charge in [0.15, 0.2) is 5.76 Å². The van der Waals surface area contributed by atoms with E-state index in [4.69, 9.17) is 4.74 Å². The van der Waals surface area contributed by atoms with E-state index in [9.17, 15) is 4.79 Å². The fraction of sp³-hybridized carbons (Fsp3) is 0.720. The van der Waals surface area contributed by atoms with E-state index in [1.807, 2.05) is 6.08 Å². The van der Waals surface area contributed by atoms with Crippen LogP contribution in [0.25, 0.3) is 0 Å². The van der Waals surface area contributed by atoms with Crippen LogP contribution in [0, 0.1) is 23.7 Å². The van der Waals surface area contributed by atoms with Crippen molar-refractivity contribution < 1.29 is 9.53 Å². The first-order chi connectivity index (χ1) is 13.3. The molecule has 0 bridgehead atoms. The minimum Gasteiger partial charge on any atom is -0.417 e. The van der Waals surface area contributed by atoms with Gasteiger partial charge >= 0.3 is 5.97 Å². The average molecular weight is 367 g/mol. The Morgan fingerprint density at radius 3 is 2.00 bits per heavy atom. The summed E-state index contributed by atoms with van der Waals surface area (Å²) in [7, 11) is 0. The zero-order chi connectivity index (χ0) is 18.5. The topological polar surface area (TPSA) is 26.3 Å². The summed E-state index contributed by atoms with van der Waals surface area (Å²) in [5.74, 6) is 2.97. The van der Waals surface area contributed by atoms with Crippen LogP contribution < -0.4 is 0 Å². The molecule has 0 radical (unpaired) electrons. The number of rotatable bonds is 4. The zero-order valence-electron chi connectivity index (χ0n) is 16.7. The molecule has 0 aliphatic heterocycles. The third-order valence-electron chi connectivity index (χ3n) is 7.42. The standard InChI is InChI=1S/C25H34O2/c26-25(23-13-11-21(12-14-23)19-7-3-1-4-8-19)27-24-17-15-22(16-18-24)20-9-5-2-6-10-20/h15,17,19-21,23H,1-14H2. The summed E-state index contributed by atoms with van der Waals surface area (Å²) >= 11 is 0. The maximum Gasteiger partial charge on any atom is 0.314 e. The van der Waals surface area contributed by atoms with Gasteiger partial charge in [0.25, 0.3) is 0 Å². The third kappa shape index (κ3) is 4.87. The molecule has 0 spiro atoms. The fourth-order valence-electron chi connectivity index (χ4n) is 5.72. The van der Waals surface area contributed by atoms with Crippen LogP contribution in [-0.4, -0.2) is 5.97 Å². The second-order valence-corrected chi connectivity index (χ2v) is 9.17. The van der Waals surface area contributed by atoms with Crippen LogP contribution >= 0.6 is 0 Å². The Morgan fingerprint density at radius 2 is 1.37 bits per heavy atom. The normalized spacial score (nSPS) is 29.9. The fourth-order valence-corrected chi connectivity index (χ4v) is 5.72. The van der Waals surface area contributed by atoms with E-state index in [0.29, 0.717) is 11.7 Å². The Balaban J connectivity index is 1.29. The van der Waals surface area contributed by atoms with Gasteiger partial charge in [-0.2, -0.15) is 0 Å². The molecule has 0 heterocycles. The number of carbonyl (C=O) groups is 1. The third-order valence-corrected chi connectivity index (χ3v) is 7.42. The van der Waals surface area contributed by atoms with Crippen molar-refractivity contribution in [3.63, 3.8) is 0 Å². The lowest BCUT2D eigenvalue weighted by Gasteiger charge is -2.35. The molecule has 3 fully saturated rings. The van der Waals surface area contributed by atoms with E-state index in [1.54, 1.807) is 0 Å². The lowest BCUT2D eigenvalue weighted by molar-refractivity contribution is -0.145. The van der Waals surface area contributed by atoms with Crippen LogP contribution in [0.3, 0.4) is 0 Å².